The quantitative estimate of drug-likeness (QED) is 0.725. The van der Waals surface area contributed by atoms with Crippen molar-refractivity contribution < 1.29 is 27.5 Å². The van der Waals surface area contributed by atoms with Crippen LogP contribution in [0.3, 0.4) is 0 Å². The van der Waals surface area contributed by atoms with Crippen LogP contribution in [0.25, 0.3) is 0 Å². The van der Waals surface area contributed by atoms with Gasteiger partial charge >= 0.3 is 12.0 Å². The second kappa shape index (κ2) is 8.70. The van der Waals surface area contributed by atoms with Gasteiger partial charge in [-0.05, 0) is 31.0 Å². The van der Waals surface area contributed by atoms with Gasteiger partial charge in [-0.2, -0.15) is 4.31 Å². The highest BCUT2D eigenvalue weighted by Crippen LogP contribution is 2.21. The van der Waals surface area contributed by atoms with Crippen molar-refractivity contribution in [1.82, 2.24) is 14.5 Å². The van der Waals surface area contributed by atoms with E-state index < -0.39 is 34.5 Å². The van der Waals surface area contributed by atoms with Crippen molar-refractivity contribution in [3.63, 3.8) is 0 Å². The maximum Gasteiger partial charge on any atom is 0.338 e. The zero-order valence-electron chi connectivity index (χ0n) is 15.4. The number of ether oxygens (including phenoxy) is 1. The predicted molar refractivity (Wildman–Crippen MR) is 99.1 cm³/mol. The third-order valence-corrected chi connectivity index (χ3v) is 6.65. The van der Waals surface area contributed by atoms with Crippen molar-refractivity contribution in [3.05, 3.63) is 29.8 Å². The number of imide groups is 1. The Morgan fingerprint density at radius 3 is 2.43 bits per heavy atom. The summed E-state index contributed by atoms with van der Waals surface area (Å²) in [6, 6.07) is 5.08. The van der Waals surface area contributed by atoms with Crippen LogP contribution in [-0.2, 0) is 19.6 Å². The van der Waals surface area contributed by atoms with Gasteiger partial charge in [0.25, 0.3) is 5.91 Å². The highest BCUT2D eigenvalue weighted by Gasteiger charge is 2.28. The molecule has 2 aliphatic heterocycles. The number of sulfonamides is 1. The Labute approximate surface area is 163 Å². The summed E-state index contributed by atoms with van der Waals surface area (Å²) < 4.78 is 32.1. The molecular formula is C18H23N3O6S. The minimum Gasteiger partial charge on any atom is -0.452 e. The fourth-order valence-corrected chi connectivity index (χ4v) is 4.78. The Kier molecular flexibility index (Phi) is 6.30. The number of esters is 1. The normalized spacial score (nSPS) is 18.4. The lowest BCUT2D eigenvalue weighted by molar-refractivity contribution is -0.130. The molecule has 152 valence electrons. The van der Waals surface area contributed by atoms with Crippen LogP contribution in [0.5, 0.6) is 0 Å². The summed E-state index contributed by atoms with van der Waals surface area (Å²) in [5, 5.41) is 2.48. The second-order valence-electron chi connectivity index (χ2n) is 6.70. The van der Waals surface area contributed by atoms with Crippen LogP contribution >= 0.6 is 0 Å². The molecule has 0 unspecified atom stereocenters. The molecule has 0 aromatic heterocycles. The Morgan fingerprint density at radius 2 is 1.79 bits per heavy atom. The van der Waals surface area contributed by atoms with Crippen molar-refractivity contribution in [2.45, 2.75) is 30.6 Å². The number of carbonyl (C=O) groups is 3. The van der Waals surface area contributed by atoms with Gasteiger partial charge < -0.3 is 10.1 Å². The molecule has 1 aromatic carbocycles. The Bertz CT molecular complexity index is 862. The predicted octanol–water partition coefficient (Wildman–Crippen LogP) is 0.960. The fraction of sp³-hybridized carbons (Fsp3) is 0.500. The zero-order chi connectivity index (χ0) is 20.1. The van der Waals surface area contributed by atoms with Gasteiger partial charge in [-0.25, -0.2) is 18.0 Å². The molecule has 0 radical (unpaired) electrons. The molecule has 0 spiro atoms. The number of rotatable bonds is 5. The molecule has 2 aliphatic rings. The van der Waals surface area contributed by atoms with E-state index in [0.717, 1.165) is 30.6 Å². The van der Waals surface area contributed by atoms with Gasteiger partial charge in [0.05, 0.1) is 10.5 Å². The number of nitrogens with one attached hydrogen (secondary N) is 1. The molecule has 0 aliphatic carbocycles. The van der Waals surface area contributed by atoms with Crippen LogP contribution in [-0.4, -0.2) is 68.3 Å². The molecule has 0 saturated carbocycles. The lowest BCUT2D eigenvalue weighted by atomic mass is 10.2. The van der Waals surface area contributed by atoms with Crippen LogP contribution in [0.1, 0.15) is 36.0 Å². The average Bonchev–Trinajstić information content (AvgIpc) is 2.94. The Hall–Kier alpha value is -2.46. The van der Waals surface area contributed by atoms with Crippen LogP contribution in [0.2, 0.25) is 0 Å². The molecule has 3 rings (SSSR count). The number of carbonyl (C=O) groups excluding carboxylic acids is 3. The molecule has 28 heavy (non-hydrogen) atoms. The molecule has 0 bridgehead atoms. The summed E-state index contributed by atoms with van der Waals surface area (Å²) in [5.74, 6) is -1.45. The summed E-state index contributed by atoms with van der Waals surface area (Å²) in [6.07, 6.45) is 3.63. The van der Waals surface area contributed by atoms with Gasteiger partial charge in [-0.15, -0.1) is 0 Å². The van der Waals surface area contributed by atoms with Crippen molar-refractivity contribution >= 4 is 27.9 Å². The SMILES string of the molecule is O=C(OCC(=O)N1CCNC1=O)c1cccc(S(=O)(=O)N2CCCCCC2)c1. The monoisotopic (exact) mass is 409 g/mol. The van der Waals surface area contributed by atoms with Gasteiger partial charge in [-0.1, -0.05) is 18.9 Å². The van der Waals surface area contributed by atoms with Crippen molar-refractivity contribution in [1.29, 1.82) is 0 Å². The zero-order valence-corrected chi connectivity index (χ0v) is 16.2. The molecule has 2 fully saturated rings. The highest BCUT2D eigenvalue weighted by molar-refractivity contribution is 7.89. The minimum atomic E-state index is -3.70. The van der Waals surface area contributed by atoms with Gasteiger partial charge in [0, 0.05) is 26.2 Å². The molecular weight excluding hydrogens is 386 g/mol. The van der Waals surface area contributed by atoms with E-state index in [0.29, 0.717) is 19.6 Å². The van der Waals surface area contributed by atoms with Gasteiger partial charge in [0.2, 0.25) is 10.0 Å². The number of benzene rings is 1. The first kappa shape index (κ1) is 20.3. The minimum absolute atomic E-state index is 0.0223. The van der Waals surface area contributed by atoms with E-state index in [1.165, 1.54) is 28.6 Å². The van der Waals surface area contributed by atoms with E-state index in [1.807, 2.05) is 0 Å². The number of amides is 3. The maximum atomic E-state index is 12.9. The van der Waals surface area contributed by atoms with Crippen LogP contribution in [0.4, 0.5) is 4.79 Å². The summed E-state index contributed by atoms with van der Waals surface area (Å²) in [5.41, 5.74) is 0.0366. The highest BCUT2D eigenvalue weighted by atomic mass is 32.2. The summed E-state index contributed by atoms with van der Waals surface area (Å²) >= 11 is 0. The van der Waals surface area contributed by atoms with Gasteiger partial charge in [0.1, 0.15) is 0 Å². The van der Waals surface area contributed by atoms with E-state index in [9.17, 15) is 22.8 Å². The number of nitrogens with zero attached hydrogens (tertiary/aromatic N) is 2. The lowest BCUT2D eigenvalue weighted by Gasteiger charge is -2.20. The largest absolute Gasteiger partial charge is 0.452 e. The van der Waals surface area contributed by atoms with Gasteiger partial charge in [-0.3, -0.25) is 9.69 Å². The maximum absolute atomic E-state index is 12.9. The van der Waals surface area contributed by atoms with Crippen LogP contribution < -0.4 is 5.32 Å². The fourth-order valence-electron chi connectivity index (χ4n) is 3.21. The average molecular weight is 409 g/mol. The molecule has 3 amide bonds. The summed E-state index contributed by atoms with van der Waals surface area (Å²) in [7, 11) is -3.70. The topological polar surface area (TPSA) is 113 Å². The van der Waals surface area contributed by atoms with E-state index in [2.05, 4.69) is 5.32 Å². The van der Waals surface area contributed by atoms with Crippen molar-refractivity contribution in [2.75, 3.05) is 32.8 Å². The number of hydrogen-bond donors (Lipinski definition) is 1. The standard InChI is InChI=1S/C18H23N3O6S/c22-16(21-11-8-19-18(21)24)13-27-17(23)14-6-5-7-15(12-14)28(25,26)20-9-3-1-2-4-10-20/h5-7,12H,1-4,8-11,13H2,(H,19,24). The number of urea groups is 1. The molecule has 1 N–H and O–H groups in total. The van der Waals surface area contributed by atoms with E-state index >= 15 is 0 Å². The smallest absolute Gasteiger partial charge is 0.338 e. The Morgan fingerprint density at radius 1 is 1.07 bits per heavy atom. The molecule has 9 nitrogen and oxygen atoms in total. The lowest BCUT2D eigenvalue weighted by Crippen LogP contribution is -2.37. The van der Waals surface area contributed by atoms with E-state index in [-0.39, 0.29) is 17.0 Å². The Balaban J connectivity index is 1.67. The summed E-state index contributed by atoms with van der Waals surface area (Å²) in [4.78, 5) is 36.6. The van der Waals surface area contributed by atoms with E-state index in [4.69, 9.17) is 4.74 Å². The molecule has 1 aromatic rings. The molecule has 10 heteroatoms. The third kappa shape index (κ3) is 4.50. The molecule has 0 atom stereocenters. The first-order chi connectivity index (χ1) is 13.4. The summed E-state index contributed by atoms with van der Waals surface area (Å²) in [6.45, 7) is 0.913. The number of hydrogen-bond acceptors (Lipinski definition) is 6. The van der Waals surface area contributed by atoms with Crippen molar-refractivity contribution in [2.24, 2.45) is 0 Å². The first-order valence-electron chi connectivity index (χ1n) is 9.25. The van der Waals surface area contributed by atoms with Crippen LogP contribution in [0, 0.1) is 0 Å². The molecule has 2 saturated heterocycles. The molecule has 2 heterocycles. The van der Waals surface area contributed by atoms with Crippen LogP contribution in [0.15, 0.2) is 29.2 Å². The second-order valence-corrected chi connectivity index (χ2v) is 8.64. The van der Waals surface area contributed by atoms with E-state index in [1.54, 1.807) is 0 Å². The van der Waals surface area contributed by atoms with Gasteiger partial charge in [0.15, 0.2) is 6.61 Å². The van der Waals surface area contributed by atoms with Crippen molar-refractivity contribution in [3.8, 4) is 0 Å². The third-order valence-electron chi connectivity index (χ3n) is 4.76. The first-order valence-corrected chi connectivity index (χ1v) is 10.7.